The number of fused-ring (bicyclic) bond motifs is 1. The van der Waals surface area contributed by atoms with E-state index in [1.807, 2.05) is 23.8 Å². The number of aryl methyl sites for hydroxylation is 1. The van der Waals surface area contributed by atoms with Crippen molar-refractivity contribution in [1.82, 2.24) is 14.6 Å². The minimum Gasteiger partial charge on any atom is -0.366 e. The minimum absolute atomic E-state index is 0.565. The quantitative estimate of drug-likeness (QED) is 0.883. The maximum absolute atomic E-state index is 4.46. The lowest BCUT2D eigenvalue weighted by Crippen LogP contribution is -2.25. The summed E-state index contributed by atoms with van der Waals surface area (Å²) >= 11 is 0. The van der Waals surface area contributed by atoms with Gasteiger partial charge in [0.15, 0.2) is 5.82 Å². The summed E-state index contributed by atoms with van der Waals surface area (Å²) in [6.07, 6.45) is 8.84. The summed E-state index contributed by atoms with van der Waals surface area (Å²) in [6.45, 7) is 4.36. The fraction of sp³-hybridized carbons (Fsp3) is 0.571. The van der Waals surface area contributed by atoms with Gasteiger partial charge in [0.1, 0.15) is 5.52 Å². The Morgan fingerprint density at radius 2 is 2.06 bits per heavy atom. The molecule has 18 heavy (non-hydrogen) atoms. The molecule has 0 atom stereocenters. The molecule has 3 rings (SSSR count). The maximum atomic E-state index is 4.46. The Bertz CT molecular complexity index is 538. The molecule has 0 bridgehead atoms. The van der Waals surface area contributed by atoms with Gasteiger partial charge in [-0.1, -0.05) is 6.92 Å². The summed E-state index contributed by atoms with van der Waals surface area (Å²) in [5, 5.41) is 8.00. The zero-order valence-corrected chi connectivity index (χ0v) is 11.1. The van der Waals surface area contributed by atoms with Gasteiger partial charge >= 0.3 is 0 Å². The molecule has 0 spiro atoms. The van der Waals surface area contributed by atoms with E-state index in [0.717, 1.165) is 22.9 Å². The first-order chi connectivity index (χ1) is 8.72. The van der Waals surface area contributed by atoms with Crippen molar-refractivity contribution < 1.29 is 0 Å². The number of rotatable bonds is 2. The van der Waals surface area contributed by atoms with Crippen molar-refractivity contribution in [3.63, 3.8) is 0 Å². The lowest BCUT2D eigenvalue weighted by Gasteiger charge is -2.27. The molecule has 2 heterocycles. The highest BCUT2D eigenvalue weighted by Gasteiger charge is 2.19. The first-order valence-electron chi connectivity index (χ1n) is 6.80. The molecule has 1 fully saturated rings. The SMILES string of the molecule is Cc1cc2c(NC3CCC(C)CC3)nccn2n1. The first-order valence-corrected chi connectivity index (χ1v) is 6.80. The molecule has 0 amide bonds. The van der Waals surface area contributed by atoms with Gasteiger partial charge in [0.05, 0.1) is 5.69 Å². The molecular weight excluding hydrogens is 224 g/mol. The predicted octanol–water partition coefficient (Wildman–Crippen LogP) is 3.03. The van der Waals surface area contributed by atoms with Crippen LogP contribution < -0.4 is 5.32 Å². The lowest BCUT2D eigenvalue weighted by atomic mass is 9.87. The van der Waals surface area contributed by atoms with Gasteiger partial charge in [0.2, 0.25) is 0 Å². The highest BCUT2D eigenvalue weighted by Crippen LogP contribution is 2.26. The molecule has 0 aliphatic heterocycles. The molecule has 4 heteroatoms. The van der Waals surface area contributed by atoms with E-state index >= 15 is 0 Å². The third-order valence-corrected chi connectivity index (χ3v) is 3.87. The van der Waals surface area contributed by atoms with Crippen LogP contribution in [0.15, 0.2) is 18.5 Å². The Hall–Kier alpha value is -1.58. The van der Waals surface area contributed by atoms with Crippen LogP contribution in [0.2, 0.25) is 0 Å². The molecule has 0 saturated heterocycles. The Morgan fingerprint density at radius 3 is 2.83 bits per heavy atom. The van der Waals surface area contributed by atoms with Crippen LogP contribution in [0.3, 0.4) is 0 Å². The summed E-state index contributed by atoms with van der Waals surface area (Å²) in [5.41, 5.74) is 2.11. The van der Waals surface area contributed by atoms with Crippen molar-refractivity contribution in [3.8, 4) is 0 Å². The summed E-state index contributed by atoms with van der Waals surface area (Å²) in [5.74, 6) is 1.85. The average molecular weight is 244 g/mol. The summed E-state index contributed by atoms with van der Waals surface area (Å²) < 4.78 is 1.90. The topological polar surface area (TPSA) is 42.2 Å². The first kappa shape index (κ1) is 11.5. The van der Waals surface area contributed by atoms with Gasteiger partial charge in [0, 0.05) is 18.4 Å². The molecular formula is C14H20N4. The van der Waals surface area contributed by atoms with Crippen LogP contribution in [0.4, 0.5) is 5.82 Å². The molecule has 4 nitrogen and oxygen atoms in total. The van der Waals surface area contributed by atoms with Crippen molar-refractivity contribution in [2.24, 2.45) is 5.92 Å². The largest absolute Gasteiger partial charge is 0.366 e. The number of aromatic nitrogens is 3. The monoisotopic (exact) mass is 244 g/mol. The van der Waals surface area contributed by atoms with Gasteiger partial charge in [-0.2, -0.15) is 5.10 Å². The number of hydrogen-bond donors (Lipinski definition) is 1. The zero-order chi connectivity index (χ0) is 12.5. The number of nitrogens with zero attached hydrogens (tertiary/aromatic N) is 3. The van der Waals surface area contributed by atoms with Crippen LogP contribution in [0, 0.1) is 12.8 Å². The Morgan fingerprint density at radius 1 is 1.28 bits per heavy atom. The zero-order valence-electron chi connectivity index (χ0n) is 11.1. The van der Waals surface area contributed by atoms with Crippen LogP contribution in [0.1, 0.15) is 38.3 Å². The maximum Gasteiger partial charge on any atom is 0.152 e. The standard InChI is InChI=1S/C14H20N4/c1-10-3-5-12(6-4-10)16-14-13-9-11(2)17-18(13)8-7-15-14/h7-10,12H,3-6H2,1-2H3,(H,15,16). The second-order valence-corrected chi connectivity index (χ2v) is 5.49. The highest BCUT2D eigenvalue weighted by molar-refractivity contribution is 5.67. The molecule has 96 valence electrons. The van der Waals surface area contributed by atoms with Crippen LogP contribution in [0.5, 0.6) is 0 Å². The molecule has 1 saturated carbocycles. The van der Waals surface area contributed by atoms with Gasteiger partial charge in [0.25, 0.3) is 0 Å². The molecule has 2 aromatic rings. The molecule has 1 aliphatic carbocycles. The van der Waals surface area contributed by atoms with Crippen molar-refractivity contribution in [1.29, 1.82) is 0 Å². The number of anilines is 1. The second kappa shape index (κ2) is 4.59. The molecule has 1 N–H and O–H groups in total. The third-order valence-electron chi connectivity index (χ3n) is 3.87. The van der Waals surface area contributed by atoms with Crippen molar-refractivity contribution in [2.45, 2.75) is 45.6 Å². The molecule has 0 unspecified atom stereocenters. The average Bonchev–Trinajstić information content (AvgIpc) is 2.73. The van der Waals surface area contributed by atoms with Crippen LogP contribution in [-0.2, 0) is 0 Å². The summed E-state index contributed by atoms with van der Waals surface area (Å²) in [6, 6.07) is 2.65. The van der Waals surface area contributed by atoms with Gasteiger partial charge in [-0.05, 0) is 44.6 Å². The second-order valence-electron chi connectivity index (χ2n) is 5.49. The fourth-order valence-electron chi connectivity index (χ4n) is 2.75. The molecule has 0 aromatic carbocycles. The van der Waals surface area contributed by atoms with Crippen molar-refractivity contribution in [2.75, 3.05) is 5.32 Å². The Labute approximate surface area is 107 Å². The van der Waals surface area contributed by atoms with E-state index in [2.05, 4.69) is 28.4 Å². The van der Waals surface area contributed by atoms with E-state index in [4.69, 9.17) is 0 Å². The van der Waals surface area contributed by atoms with E-state index in [1.54, 1.807) is 0 Å². The van der Waals surface area contributed by atoms with Gasteiger partial charge in [-0.3, -0.25) is 0 Å². The number of nitrogens with one attached hydrogen (secondary N) is 1. The summed E-state index contributed by atoms with van der Waals surface area (Å²) in [4.78, 5) is 4.46. The lowest BCUT2D eigenvalue weighted by molar-refractivity contribution is 0.361. The Kier molecular flexibility index (Phi) is 2.94. The smallest absolute Gasteiger partial charge is 0.152 e. The Balaban J connectivity index is 1.82. The summed E-state index contributed by atoms with van der Waals surface area (Å²) in [7, 11) is 0. The van der Waals surface area contributed by atoms with E-state index in [-0.39, 0.29) is 0 Å². The molecule has 2 aromatic heterocycles. The van der Waals surface area contributed by atoms with E-state index in [0.29, 0.717) is 6.04 Å². The van der Waals surface area contributed by atoms with Gasteiger partial charge < -0.3 is 5.32 Å². The van der Waals surface area contributed by atoms with Crippen molar-refractivity contribution in [3.05, 3.63) is 24.2 Å². The highest BCUT2D eigenvalue weighted by atomic mass is 15.2. The van der Waals surface area contributed by atoms with Crippen molar-refractivity contribution >= 4 is 11.3 Å². The fourth-order valence-corrected chi connectivity index (χ4v) is 2.75. The minimum atomic E-state index is 0.565. The van der Waals surface area contributed by atoms with Gasteiger partial charge in [-0.15, -0.1) is 0 Å². The molecule has 0 radical (unpaired) electrons. The molecule has 1 aliphatic rings. The third kappa shape index (κ3) is 2.19. The van der Waals surface area contributed by atoms with E-state index < -0.39 is 0 Å². The normalized spacial score (nSPS) is 24.3. The predicted molar refractivity (Wildman–Crippen MR) is 72.8 cm³/mol. The number of hydrogen-bond acceptors (Lipinski definition) is 3. The van der Waals surface area contributed by atoms with Gasteiger partial charge in [-0.25, -0.2) is 9.50 Å². The van der Waals surface area contributed by atoms with E-state index in [1.165, 1.54) is 25.7 Å². The van der Waals surface area contributed by atoms with E-state index in [9.17, 15) is 0 Å². The van der Waals surface area contributed by atoms with Crippen LogP contribution in [-0.4, -0.2) is 20.6 Å². The van der Waals surface area contributed by atoms with Crippen LogP contribution >= 0.6 is 0 Å². The van der Waals surface area contributed by atoms with Crippen LogP contribution in [0.25, 0.3) is 5.52 Å².